The maximum absolute atomic E-state index is 12.1. The zero-order valence-electron chi connectivity index (χ0n) is 54.1. The number of aromatic nitrogens is 9. The van der Waals surface area contributed by atoms with E-state index in [1.54, 1.807) is 30.4 Å². The molecule has 3 saturated heterocycles. The number of ether oxygens (including phenoxy) is 3. The van der Waals surface area contributed by atoms with E-state index >= 15 is 0 Å². The maximum atomic E-state index is 12.1. The summed E-state index contributed by atoms with van der Waals surface area (Å²) in [6, 6.07) is 17.9. The maximum Gasteiger partial charge on any atom is 0.251 e. The molecule has 28 heteroatoms. The third-order valence-electron chi connectivity index (χ3n) is 19.2. The first-order valence-electron chi connectivity index (χ1n) is 33.1. The van der Waals surface area contributed by atoms with Crippen molar-refractivity contribution >= 4 is 139 Å². The van der Waals surface area contributed by atoms with Gasteiger partial charge in [-0.3, -0.25) is 14.4 Å². The minimum atomic E-state index is -0.941. The summed E-state index contributed by atoms with van der Waals surface area (Å²) in [7, 11) is 0. The fourth-order valence-electron chi connectivity index (χ4n) is 13.6. The molecule has 3 aromatic carbocycles. The number of hydrogen-bond acceptors (Lipinski definition) is 19. The predicted molar refractivity (Wildman–Crippen MR) is 380 cm³/mol. The minimum Gasteiger partial charge on any atom is -0.493 e. The molecule has 3 amide bonds. The van der Waals surface area contributed by atoms with Gasteiger partial charge >= 0.3 is 0 Å². The molecule has 6 aromatic heterocycles. The van der Waals surface area contributed by atoms with Crippen LogP contribution in [0.25, 0.3) is 33.1 Å². The van der Waals surface area contributed by atoms with Gasteiger partial charge in [-0.1, -0.05) is 34.8 Å². The van der Waals surface area contributed by atoms with Crippen molar-refractivity contribution in [1.29, 1.82) is 0 Å². The molecule has 1 atom stereocenters. The molecular formula is C69H78Cl3N15O7S3. The molecule has 0 radical (unpaired) electrons. The molecule has 3 fully saturated rings. The molecule has 22 nitrogen and oxygen atoms in total. The number of piperidine rings is 3. The van der Waals surface area contributed by atoms with E-state index in [1.165, 1.54) is 42.2 Å². The zero-order chi connectivity index (χ0) is 67.4. The van der Waals surface area contributed by atoms with E-state index in [1.807, 2.05) is 64.4 Å². The van der Waals surface area contributed by atoms with E-state index in [0.717, 1.165) is 215 Å². The van der Waals surface area contributed by atoms with Gasteiger partial charge in [0, 0.05) is 118 Å². The number of imidazole rings is 3. The Labute approximate surface area is 590 Å². The second kappa shape index (κ2) is 30.4. The van der Waals surface area contributed by atoms with E-state index in [-0.39, 0.29) is 11.8 Å². The van der Waals surface area contributed by atoms with Crippen LogP contribution in [0.2, 0.25) is 15.1 Å². The summed E-state index contributed by atoms with van der Waals surface area (Å²) >= 11 is 24.4. The van der Waals surface area contributed by atoms with Gasteiger partial charge in [0.1, 0.15) is 39.9 Å². The molecule has 0 bridgehead atoms. The Morgan fingerprint density at radius 1 is 0.546 bits per heavy atom. The van der Waals surface area contributed by atoms with Crippen molar-refractivity contribution in [2.45, 2.75) is 147 Å². The van der Waals surface area contributed by atoms with Gasteiger partial charge in [-0.15, -0.1) is 0 Å². The predicted octanol–water partition coefficient (Wildman–Crippen LogP) is 12.2. The summed E-state index contributed by atoms with van der Waals surface area (Å²) in [6.45, 7) is 12.4. The SMILES string of the molecule is CC(=O)N1CCC(CCn2c(Sc3cc4c(cc3Cl)CCO4)nc3c(N)nccc32)CC1.C[C@H](O)C(=O)N1CCC(CCn2c(Sc3cc4c(cc3Cl)CCO4)nc3c(N)nccc32)CC1.Nc1nccc2c1nc(Sc1cc3c(cc1Cl)CCO3)n2CCC1CCN(C=O)CC1. The van der Waals surface area contributed by atoms with Gasteiger partial charge in [0.25, 0.3) is 5.91 Å². The lowest BCUT2D eigenvalue weighted by molar-refractivity contribution is -0.140. The molecule has 510 valence electrons. The number of likely N-dealkylation sites (tertiary alicyclic amines) is 3. The van der Waals surface area contributed by atoms with Gasteiger partial charge in [0.05, 0.1) is 51.4 Å². The highest BCUT2D eigenvalue weighted by Gasteiger charge is 2.29. The highest BCUT2D eigenvalue weighted by Crippen LogP contribution is 2.45. The van der Waals surface area contributed by atoms with Gasteiger partial charge in [0.15, 0.2) is 32.9 Å². The second-order valence-corrected chi connectivity index (χ2v) is 29.7. The molecule has 97 heavy (non-hydrogen) atoms. The molecule has 0 unspecified atom stereocenters. The number of carbonyl (C=O) groups excluding carboxylic acids is 3. The zero-order valence-corrected chi connectivity index (χ0v) is 58.9. The first kappa shape index (κ1) is 68.1. The molecule has 0 spiro atoms. The fourth-order valence-corrected chi connectivity index (χ4v) is 17.4. The number of rotatable bonds is 17. The lowest BCUT2D eigenvalue weighted by Crippen LogP contribution is -2.43. The monoisotopic (exact) mass is 1430 g/mol. The largest absolute Gasteiger partial charge is 0.493 e. The number of amides is 3. The molecule has 9 aromatic rings. The topological polar surface area (TPSA) is 279 Å². The van der Waals surface area contributed by atoms with E-state index in [4.69, 9.17) is 81.2 Å². The average molecular weight is 1430 g/mol. The number of carbonyl (C=O) groups is 3. The summed E-state index contributed by atoms with van der Waals surface area (Å²) < 4.78 is 23.8. The smallest absolute Gasteiger partial charge is 0.251 e. The van der Waals surface area contributed by atoms with Crippen molar-refractivity contribution in [2.24, 2.45) is 17.8 Å². The number of aliphatic hydroxyl groups is 1. The number of halogens is 3. The van der Waals surface area contributed by atoms with Crippen LogP contribution in [-0.4, -0.2) is 147 Å². The van der Waals surface area contributed by atoms with E-state index in [0.29, 0.717) is 94.2 Å². The van der Waals surface area contributed by atoms with Gasteiger partial charge in [-0.2, -0.15) is 0 Å². The van der Waals surface area contributed by atoms with Crippen LogP contribution in [0.15, 0.2) is 103 Å². The van der Waals surface area contributed by atoms with Gasteiger partial charge in [-0.25, -0.2) is 29.9 Å². The molecule has 6 aliphatic rings. The Bertz CT molecular complexity index is 4400. The Balaban J connectivity index is 0.000000131. The van der Waals surface area contributed by atoms with Crippen LogP contribution in [-0.2, 0) is 53.3 Å². The number of benzene rings is 3. The minimum absolute atomic E-state index is 0.168. The van der Waals surface area contributed by atoms with Crippen molar-refractivity contribution in [3.05, 3.63) is 105 Å². The standard InChI is InChI=1S/C24H28ClN5O3S.C23H26ClN5O2S.C22H24ClN5O2S/c1-14(31)23(32)29-8-3-15(4-9-29)5-10-30-18-2-7-27-22(26)21(18)28-24(30)34-20-13-19-16(6-11-33-19)12-17(20)25;1-14(30)28-8-3-15(4-9-28)5-10-29-18-2-7-26-22(25)21(18)27-23(29)32-20-13-19-16(6-11-31-19)12-17(20)24;23-16-11-15-5-10-30-18(15)12-19(16)31-22-26-20-17(1-6-25-21(20)24)28(22)9-4-14-2-7-27(13-29)8-3-14/h2,7,12-15,31H,3-6,8-11H2,1H3,(H2,26,27);2,7,12-13,15H,3-6,8-11H2,1H3,(H2,25,26);1,6,11-14H,2-5,7-10H2,(H2,24,25)/t14-;;/m0../s1. The summed E-state index contributed by atoms with van der Waals surface area (Å²) in [5.41, 5.74) is 26.9. The Morgan fingerprint density at radius 3 is 1.20 bits per heavy atom. The highest BCUT2D eigenvalue weighted by molar-refractivity contribution is 7.99. The summed E-state index contributed by atoms with van der Waals surface area (Å²) in [5, 5.41) is 14.2. The van der Waals surface area contributed by atoms with Crippen LogP contribution in [0, 0.1) is 17.8 Å². The second-order valence-electron chi connectivity index (χ2n) is 25.4. The lowest BCUT2D eigenvalue weighted by atomic mass is 9.93. The molecule has 6 aliphatic heterocycles. The molecular weight excluding hydrogens is 1350 g/mol. The Morgan fingerprint density at radius 2 is 0.876 bits per heavy atom. The van der Waals surface area contributed by atoms with Crippen molar-refractivity contribution in [3.8, 4) is 17.2 Å². The number of nitrogen functional groups attached to an aromatic ring is 3. The van der Waals surface area contributed by atoms with Crippen molar-refractivity contribution < 1.29 is 33.7 Å². The Hall–Kier alpha value is -7.39. The fraction of sp³-hybridized carbons (Fsp3) is 0.435. The lowest BCUT2D eigenvalue weighted by Gasteiger charge is -2.32. The first-order valence-corrected chi connectivity index (χ1v) is 36.7. The van der Waals surface area contributed by atoms with Crippen molar-refractivity contribution in [2.75, 3.05) is 76.3 Å². The summed E-state index contributed by atoms with van der Waals surface area (Å²) in [4.78, 5) is 70.1. The summed E-state index contributed by atoms with van der Waals surface area (Å²) in [5.74, 6) is 5.60. The number of aryl methyl sites for hydroxylation is 3. The average Bonchev–Trinajstić information content (AvgIpc) is 1.65. The van der Waals surface area contributed by atoms with Crippen LogP contribution < -0.4 is 31.4 Å². The van der Waals surface area contributed by atoms with Crippen LogP contribution in [0.4, 0.5) is 17.5 Å². The number of hydrogen-bond donors (Lipinski definition) is 4. The molecule has 12 heterocycles. The highest BCUT2D eigenvalue weighted by atomic mass is 35.5. The molecule has 15 rings (SSSR count). The van der Waals surface area contributed by atoms with Gasteiger partial charge in [0.2, 0.25) is 12.3 Å². The normalized spacial score (nSPS) is 16.7. The summed E-state index contributed by atoms with van der Waals surface area (Å²) in [6.07, 6.45) is 16.8. The third kappa shape index (κ3) is 15.4. The van der Waals surface area contributed by atoms with Gasteiger partial charge < -0.3 is 64.9 Å². The quantitative estimate of drug-likeness (QED) is 0.0616. The Kier molecular flexibility index (Phi) is 21.3. The molecule has 0 aliphatic carbocycles. The number of anilines is 3. The van der Waals surface area contributed by atoms with Gasteiger partial charge in [-0.05, 0) is 189 Å². The third-order valence-corrected chi connectivity index (χ3v) is 23.7. The van der Waals surface area contributed by atoms with Crippen molar-refractivity contribution in [1.82, 2.24) is 58.3 Å². The number of pyridine rings is 3. The number of nitrogens with zero attached hydrogens (tertiary/aromatic N) is 12. The van der Waals surface area contributed by atoms with Crippen LogP contribution in [0.3, 0.4) is 0 Å². The molecule has 7 N–H and O–H groups in total. The number of aliphatic hydroxyl groups excluding tert-OH is 1. The van der Waals surface area contributed by atoms with Crippen molar-refractivity contribution in [3.63, 3.8) is 0 Å². The van der Waals surface area contributed by atoms with Crippen LogP contribution in [0.1, 0.15) is 88.3 Å². The van der Waals surface area contributed by atoms with Crippen LogP contribution >= 0.6 is 70.1 Å². The number of nitrogens with two attached hydrogens (primary N) is 3. The molecule has 0 saturated carbocycles. The van der Waals surface area contributed by atoms with E-state index in [2.05, 4.69) is 28.7 Å². The number of fused-ring (bicyclic) bond motifs is 6. The first-order chi connectivity index (χ1) is 47.0. The van der Waals surface area contributed by atoms with Crippen LogP contribution in [0.5, 0.6) is 17.2 Å². The van der Waals surface area contributed by atoms with E-state index < -0.39 is 6.10 Å². The van der Waals surface area contributed by atoms with E-state index in [9.17, 15) is 19.5 Å².